The molecule has 1 aliphatic rings. The van der Waals surface area contributed by atoms with Gasteiger partial charge < -0.3 is 5.11 Å². The molecule has 0 radical (unpaired) electrons. The maximum absolute atomic E-state index is 13.0. The summed E-state index contributed by atoms with van der Waals surface area (Å²) in [5.74, 6) is -1.07. The highest BCUT2D eigenvalue weighted by molar-refractivity contribution is 9.10. The van der Waals surface area contributed by atoms with Crippen LogP contribution in [-0.4, -0.2) is 11.1 Å². The second-order valence-electron chi connectivity index (χ2n) is 4.51. The molecule has 0 unspecified atom stereocenters. The molecular weight excluding hydrogens is 313 g/mol. The van der Waals surface area contributed by atoms with Crippen molar-refractivity contribution in [2.24, 2.45) is 0 Å². The van der Waals surface area contributed by atoms with Gasteiger partial charge in [-0.25, -0.2) is 0 Å². The van der Waals surface area contributed by atoms with Crippen molar-refractivity contribution in [1.29, 1.82) is 0 Å². The highest BCUT2D eigenvalue weighted by Gasteiger charge is 2.51. The van der Waals surface area contributed by atoms with Crippen LogP contribution in [0.1, 0.15) is 30.4 Å². The lowest BCUT2D eigenvalue weighted by molar-refractivity contribution is -0.141. The van der Waals surface area contributed by atoms with E-state index in [0.29, 0.717) is 17.3 Å². The van der Waals surface area contributed by atoms with Gasteiger partial charge in [0.25, 0.3) is 0 Å². The molecule has 0 aromatic heterocycles. The van der Waals surface area contributed by atoms with E-state index >= 15 is 0 Å². The van der Waals surface area contributed by atoms with Crippen LogP contribution in [0.5, 0.6) is 0 Å². The zero-order chi connectivity index (χ0) is 13.6. The van der Waals surface area contributed by atoms with Crippen LogP contribution in [0.15, 0.2) is 22.7 Å². The molecule has 1 fully saturated rings. The van der Waals surface area contributed by atoms with Gasteiger partial charge in [-0.2, -0.15) is 13.2 Å². The van der Waals surface area contributed by atoms with Crippen LogP contribution in [0.2, 0.25) is 0 Å². The van der Waals surface area contributed by atoms with Gasteiger partial charge in [0.2, 0.25) is 0 Å². The van der Waals surface area contributed by atoms with Gasteiger partial charge in [-0.05, 0) is 30.5 Å². The van der Waals surface area contributed by atoms with E-state index in [2.05, 4.69) is 15.9 Å². The SMILES string of the molecule is O=C(O)CC1(c2c(Br)cccc2C(F)(F)F)CC1. The summed E-state index contributed by atoms with van der Waals surface area (Å²) < 4.78 is 39.2. The predicted molar refractivity (Wildman–Crippen MR) is 62.3 cm³/mol. The molecule has 1 aromatic rings. The molecule has 2 nitrogen and oxygen atoms in total. The summed E-state index contributed by atoms with van der Waals surface area (Å²) in [5, 5.41) is 8.84. The van der Waals surface area contributed by atoms with Crippen molar-refractivity contribution in [2.75, 3.05) is 0 Å². The summed E-state index contributed by atoms with van der Waals surface area (Å²) in [7, 11) is 0. The number of hydrogen-bond acceptors (Lipinski definition) is 1. The molecule has 0 heterocycles. The minimum absolute atomic E-state index is 0.0832. The Bertz CT molecular complexity index is 493. The van der Waals surface area contributed by atoms with Gasteiger partial charge in [0.05, 0.1) is 12.0 Å². The van der Waals surface area contributed by atoms with Crippen molar-refractivity contribution in [2.45, 2.75) is 30.9 Å². The van der Waals surface area contributed by atoms with Crippen LogP contribution >= 0.6 is 15.9 Å². The summed E-state index contributed by atoms with van der Waals surface area (Å²) in [6.07, 6.45) is -3.78. The lowest BCUT2D eigenvalue weighted by atomic mass is 9.88. The molecule has 1 aliphatic carbocycles. The van der Waals surface area contributed by atoms with E-state index in [1.807, 2.05) is 0 Å². The van der Waals surface area contributed by atoms with Crippen molar-refractivity contribution >= 4 is 21.9 Å². The zero-order valence-electron chi connectivity index (χ0n) is 9.22. The van der Waals surface area contributed by atoms with Crippen LogP contribution < -0.4 is 0 Å². The smallest absolute Gasteiger partial charge is 0.416 e. The summed E-state index contributed by atoms with van der Waals surface area (Å²) in [5.41, 5.74) is -1.52. The van der Waals surface area contributed by atoms with E-state index < -0.39 is 23.1 Å². The van der Waals surface area contributed by atoms with Crippen LogP contribution in [0.4, 0.5) is 13.2 Å². The van der Waals surface area contributed by atoms with Gasteiger partial charge in [0, 0.05) is 9.89 Å². The highest BCUT2D eigenvalue weighted by Crippen LogP contribution is 2.56. The van der Waals surface area contributed by atoms with Crippen LogP contribution in [-0.2, 0) is 16.4 Å². The van der Waals surface area contributed by atoms with Crippen molar-refractivity contribution in [3.63, 3.8) is 0 Å². The number of rotatable bonds is 3. The Kier molecular flexibility index (Phi) is 3.17. The number of carbonyl (C=O) groups is 1. The molecule has 0 bridgehead atoms. The Morgan fingerprint density at radius 3 is 2.44 bits per heavy atom. The molecule has 1 aromatic carbocycles. The Hall–Kier alpha value is -1.04. The van der Waals surface area contributed by atoms with Crippen LogP contribution in [0, 0.1) is 0 Å². The maximum Gasteiger partial charge on any atom is 0.416 e. The number of alkyl halides is 3. The minimum Gasteiger partial charge on any atom is -0.481 e. The molecule has 98 valence electrons. The fourth-order valence-corrected chi connectivity index (χ4v) is 3.04. The van der Waals surface area contributed by atoms with Crippen molar-refractivity contribution in [1.82, 2.24) is 0 Å². The van der Waals surface area contributed by atoms with Crippen LogP contribution in [0.25, 0.3) is 0 Å². The number of aliphatic carboxylic acids is 1. The lowest BCUT2D eigenvalue weighted by Gasteiger charge is -2.21. The van der Waals surface area contributed by atoms with Crippen molar-refractivity contribution < 1.29 is 23.1 Å². The fraction of sp³-hybridized carbons (Fsp3) is 0.417. The van der Waals surface area contributed by atoms with Gasteiger partial charge in [-0.1, -0.05) is 22.0 Å². The van der Waals surface area contributed by atoms with Gasteiger partial charge in [0.1, 0.15) is 0 Å². The molecule has 0 atom stereocenters. The summed E-state index contributed by atoms with van der Waals surface area (Å²) >= 11 is 3.11. The van der Waals surface area contributed by atoms with Crippen LogP contribution in [0.3, 0.4) is 0 Å². The van der Waals surface area contributed by atoms with Gasteiger partial charge in [-0.15, -0.1) is 0 Å². The monoisotopic (exact) mass is 322 g/mol. The molecule has 6 heteroatoms. The molecular formula is C12H10BrF3O2. The third-order valence-corrected chi connectivity index (χ3v) is 3.85. The first kappa shape index (κ1) is 13.4. The molecule has 0 saturated heterocycles. The van der Waals surface area contributed by atoms with E-state index in [1.54, 1.807) is 0 Å². The lowest BCUT2D eigenvalue weighted by Crippen LogP contribution is -2.20. The Labute approximate surface area is 110 Å². The second-order valence-corrected chi connectivity index (χ2v) is 5.37. The third kappa shape index (κ3) is 2.39. The molecule has 0 spiro atoms. The number of carboxylic acids is 1. The second kappa shape index (κ2) is 4.26. The first-order valence-electron chi connectivity index (χ1n) is 5.34. The van der Waals surface area contributed by atoms with E-state index in [9.17, 15) is 18.0 Å². The van der Waals surface area contributed by atoms with Crippen molar-refractivity contribution in [3.05, 3.63) is 33.8 Å². The van der Waals surface area contributed by atoms with Crippen molar-refractivity contribution in [3.8, 4) is 0 Å². The summed E-state index contributed by atoms with van der Waals surface area (Å²) in [6, 6.07) is 3.84. The Morgan fingerprint density at radius 2 is 2.00 bits per heavy atom. The highest BCUT2D eigenvalue weighted by atomic mass is 79.9. The molecule has 0 aliphatic heterocycles. The van der Waals surface area contributed by atoms with Gasteiger partial charge in [0.15, 0.2) is 0 Å². The maximum atomic E-state index is 13.0. The summed E-state index contributed by atoms with van der Waals surface area (Å²) in [4.78, 5) is 10.8. The molecule has 0 amide bonds. The van der Waals surface area contributed by atoms with E-state index in [-0.39, 0.29) is 12.0 Å². The zero-order valence-corrected chi connectivity index (χ0v) is 10.8. The normalized spacial score (nSPS) is 17.6. The predicted octanol–water partition coefficient (Wildman–Crippen LogP) is 3.97. The van der Waals surface area contributed by atoms with Gasteiger partial charge in [-0.3, -0.25) is 4.79 Å². The Balaban J connectivity index is 2.53. The number of hydrogen-bond donors (Lipinski definition) is 1. The molecule has 18 heavy (non-hydrogen) atoms. The largest absolute Gasteiger partial charge is 0.481 e. The first-order valence-corrected chi connectivity index (χ1v) is 6.13. The fourth-order valence-electron chi connectivity index (χ4n) is 2.25. The molecule has 1 saturated carbocycles. The quantitative estimate of drug-likeness (QED) is 0.914. The average Bonchev–Trinajstić information content (AvgIpc) is 2.95. The van der Waals surface area contributed by atoms with E-state index in [1.165, 1.54) is 12.1 Å². The first-order chi connectivity index (χ1) is 8.26. The molecule has 2 rings (SSSR count). The Morgan fingerprint density at radius 1 is 1.39 bits per heavy atom. The van der Waals surface area contributed by atoms with E-state index in [4.69, 9.17) is 5.11 Å². The summed E-state index contributed by atoms with van der Waals surface area (Å²) in [6.45, 7) is 0. The number of benzene rings is 1. The van der Waals surface area contributed by atoms with E-state index in [0.717, 1.165) is 6.07 Å². The molecule has 1 N–H and O–H groups in total. The number of carboxylic acid groups (broad SMARTS) is 1. The average molecular weight is 323 g/mol. The number of halogens is 4. The topological polar surface area (TPSA) is 37.3 Å². The third-order valence-electron chi connectivity index (χ3n) is 3.19. The standard InChI is InChI=1S/C12H10BrF3O2/c13-8-3-1-2-7(12(14,15)16)10(8)11(4-5-11)6-9(17)18/h1-3H,4-6H2,(H,17,18). The minimum atomic E-state index is -4.47. The van der Waals surface area contributed by atoms with Gasteiger partial charge >= 0.3 is 12.1 Å².